The van der Waals surface area contributed by atoms with E-state index in [0.29, 0.717) is 0 Å². The Balaban J connectivity index is 0.000000112. The summed E-state index contributed by atoms with van der Waals surface area (Å²) < 4.78 is 0. The summed E-state index contributed by atoms with van der Waals surface area (Å²) in [6, 6.07) is 20.3. The highest BCUT2D eigenvalue weighted by Gasteiger charge is 2.00. The lowest BCUT2D eigenvalue weighted by Crippen LogP contribution is -1.78. The van der Waals surface area contributed by atoms with Crippen LogP contribution in [0.15, 0.2) is 89.9 Å². The zero-order valence-electron chi connectivity index (χ0n) is 13.2. The van der Waals surface area contributed by atoms with Crippen molar-refractivity contribution < 1.29 is 0 Å². The number of thiophene rings is 1. The van der Waals surface area contributed by atoms with Gasteiger partial charge in [0, 0.05) is 12.4 Å². The van der Waals surface area contributed by atoms with E-state index in [0.717, 1.165) is 17.5 Å². The van der Waals surface area contributed by atoms with Crippen LogP contribution in [-0.2, 0) is 6.42 Å². The summed E-state index contributed by atoms with van der Waals surface area (Å²) in [5.74, 6) is 0. The van der Waals surface area contributed by atoms with Crippen molar-refractivity contribution in [2.75, 3.05) is 0 Å². The Hall–Kier alpha value is -2.78. The van der Waals surface area contributed by atoms with Gasteiger partial charge in [-0.15, -0.1) is 0 Å². The fourth-order valence-electron chi connectivity index (χ4n) is 2.33. The topological polar surface area (TPSA) is 25.8 Å². The largest absolute Gasteiger partial charge is 0.253 e. The number of rotatable bonds is 0. The van der Waals surface area contributed by atoms with Gasteiger partial charge in [-0.25, -0.2) is 0 Å². The maximum atomic E-state index is 4.12. The number of fused-ring (bicyclic) bond motifs is 2. The van der Waals surface area contributed by atoms with Crippen LogP contribution in [0.5, 0.6) is 0 Å². The van der Waals surface area contributed by atoms with Crippen molar-refractivity contribution in [2.45, 2.75) is 6.42 Å². The van der Waals surface area contributed by atoms with Gasteiger partial charge in [0.15, 0.2) is 0 Å². The number of allylic oxidation sites excluding steroid dienone is 1. The molecular weight excluding hydrogens is 312 g/mol. The maximum absolute atomic E-state index is 4.12. The van der Waals surface area contributed by atoms with Gasteiger partial charge in [-0.2, -0.15) is 11.3 Å². The Labute approximate surface area is 146 Å². The molecular formula is C21H18N2S. The molecule has 0 spiro atoms. The SMILES string of the molecule is C1=Cc2ccccc2C1.c1ccc2nccnc2c1.c1ccsc1. The van der Waals surface area contributed by atoms with Crippen LogP contribution in [0, 0.1) is 0 Å². The molecule has 2 heterocycles. The molecule has 0 N–H and O–H groups in total. The summed E-state index contributed by atoms with van der Waals surface area (Å²) in [5.41, 5.74) is 4.74. The molecule has 0 fully saturated rings. The summed E-state index contributed by atoms with van der Waals surface area (Å²) in [6.45, 7) is 0. The molecule has 5 rings (SSSR count). The van der Waals surface area contributed by atoms with Crippen molar-refractivity contribution in [1.29, 1.82) is 0 Å². The minimum absolute atomic E-state index is 0.949. The number of hydrogen-bond donors (Lipinski definition) is 0. The lowest BCUT2D eigenvalue weighted by molar-refractivity contribution is 1.29. The molecule has 0 amide bonds. The van der Waals surface area contributed by atoms with Crippen LogP contribution in [0.4, 0.5) is 0 Å². The van der Waals surface area contributed by atoms with Gasteiger partial charge in [-0.3, -0.25) is 9.97 Å². The summed E-state index contributed by atoms with van der Waals surface area (Å²) in [6.07, 6.45) is 8.89. The van der Waals surface area contributed by atoms with Gasteiger partial charge in [0.2, 0.25) is 0 Å². The van der Waals surface area contributed by atoms with Gasteiger partial charge in [-0.1, -0.05) is 60.7 Å². The molecule has 0 saturated carbocycles. The molecule has 2 aromatic carbocycles. The van der Waals surface area contributed by atoms with E-state index < -0.39 is 0 Å². The molecule has 0 saturated heterocycles. The highest BCUT2D eigenvalue weighted by molar-refractivity contribution is 7.07. The summed E-state index contributed by atoms with van der Waals surface area (Å²) >= 11 is 1.71. The molecule has 0 bridgehead atoms. The molecule has 0 radical (unpaired) electrons. The first-order valence-corrected chi connectivity index (χ1v) is 8.75. The summed E-state index contributed by atoms with van der Waals surface area (Å²) in [5, 5.41) is 4.08. The van der Waals surface area contributed by atoms with Gasteiger partial charge < -0.3 is 0 Å². The molecule has 2 aromatic heterocycles. The second-order valence-corrected chi connectivity index (χ2v) is 5.96. The standard InChI is InChI=1S/C9H8.C8H6N2.C4H4S/c1-2-5-9-7-3-6-8(9)4-1;1-2-4-8-7(3-1)9-5-6-10-8;1-2-4-5-3-1/h1-6H,7H2;1-6H;1-4H. The lowest BCUT2D eigenvalue weighted by atomic mass is 10.1. The Bertz CT molecular complexity index is 816. The second kappa shape index (κ2) is 8.75. The van der Waals surface area contributed by atoms with Gasteiger partial charge >= 0.3 is 0 Å². The van der Waals surface area contributed by atoms with Crippen molar-refractivity contribution >= 4 is 28.4 Å². The zero-order chi connectivity index (χ0) is 16.5. The van der Waals surface area contributed by atoms with E-state index in [4.69, 9.17) is 0 Å². The van der Waals surface area contributed by atoms with E-state index in [1.165, 1.54) is 11.1 Å². The zero-order valence-corrected chi connectivity index (χ0v) is 14.1. The van der Waals surface area contributed by atoms with E-state index in [1.54, 1.807) is 23.7 Å². The average molecular weight is 330 g/mol. The van der Waals surface area contributed by atoms with Crippen LogP contribution in [-0.4, -0.2) is 9.97 Å². The number of benzene rings is 2. The highest BCUT2D eigenvalue weighted by atomic mass is 32.1. The van der Waals surface area contributed by atoms with E-state index in [9.17, 15) is 0 Å². The molecule has 4 aromatic rings. The van der Waals surface area contributed by atoms with E-state index in [2.05, 4.69) is 46.4 Å². The smallest absolute Gasteiger partial charge is 0.0886 e. The van der Waals surface area contributed by atoms with Crippen LogP contribution in [0.3, 0.4) is 0 Å². The number of aromatic nitrogens is 2. The normalized spacial score (nSPS) is 11.0. The minimum atomic E-state index is 0.949. The first-order valence-electron chi connectivity index (χ1n) is 7.81. The van der Waals surface area contributed by atoms with Crippen LogP contribution >= 0.6 is 11.3 Å². The minimum Gasteiger partial charge on any atom is -0.253 e. The van der Waals surface area contributed by atoms with E-state index in [1.807, 2.05) is 47.2 Å². The first kappa shape index (κ1) is 16.1. The highest BCUT2D eigenvalue weighted by Crippen LogP contribution is 2.17. The molecule has 1 aliphatic rings. The molecule has 0 atom stereocenters. The fourth-order valence-corrected chi connectivity index (χ4v) is 2.79. The van der Waals surface area contributed by atoms with Crippen molar-refractivity contribution in [2.24, 2.45) is 0 Å². The van der Waals surface area contributed by atoms with Crippen LogP contribution in [0.2, 0.25) is 0 Å². The quantitative estimate of drug-likeness (QED) is 0.417. The predicted molar refractivity (Wildman–Crippen MR) is 103 cm³/mol. The number of nitrogens with zero attached hydrogens (tertiary/aromatic N) is 2. The Kier molecular flexibility index (Phi) is 5.87. The maximum Gasteiger partial charge on any atom is 0.0886 e. The Morgan fingerprint density at radius 2 is 1.33 bits per heavy atom. The van der Waals surface area contributed by atoms with Gasteiger partial charge in [-0.05, 0) is 40.4 Å². The third-order valence-corrected chi connectivity index (χ3v) is 4.12. The summed E-state index contributed by atoms with van der Waals surface area (Å²) in [7, 11) is 0. The third-order valence-electron chi connectivity index (χ3n) is 3.49. The molecule has 2 nitrogen and oxygen atoms in total. The molecule has 118 valence electrons. The van der Waals surface area contributed by atoms with Crippen molar-refractivity contribution in [3.63, 3.8) is 0 Å². The van der Waals surface area contributed by atoms with Crippen molar-refractivity contribution in [1.82, 2.24) is 9.97 Å². The van der Waals surface area contributed by atoms with Crippen molar-refractivity contribution in [3.05, 3.63) is 101 Å². The number of para-hydroxylation sites is 2. The third kappa shape index (κ3) is 4.61. The van der Waals surface area contributed by atoms with Crippen molar-refractivity contribution in [3.8, 4) is 0 Å². The fraction of sp³-hybridized carbons (Fsp3) is 0.0476. The molecule has 24 heavy (non-hydrogen) atoms. The van der Waals surface area contributed by atoms with Crippen LogP contribution < -0.4 is 0 Å². The monoisotopic (exact) mass is 330 g/mol. The van der Waals surface area contributed by atoms with Crippen LogP contribution in [0.1, 0.15) is 11.1 Å². The van der Waals surface area contributed by atoms with E-state index in [-0.39, 0.29) is 0 Å². The van der Waals surface area contributed by atoms with Gasteiger partial charge in [0.05, 0.1) is 11.0 Å². The van der Waals surface area contributed by atoms with Gasteiger partial charge in [0.25, 0.3) is 0 Å². The van der Waals surface area contributed by atoms with Crippen LogP contribution in [0.25, 0.3) is 17.1 Å². The molecule has 0 aliphatic heterocycles. The molecule has 3 heteroatoms. The average Bonchev–Trinajstić information content (AvgIpc) is 3.37. The van der Waals surface area contributed by atoms with E-state index >= 15 is 0 Å². The predicted octanol–water partition coefficient (Wildman–Crippen LogP) is 5.63. The summed E-state index contributed by atoms with van der Waals surface area (Å²) in [4.78, 5) is 8.24. The van der Waals surface area contributed by atoms with Gasteiger partial charge in [0.1, 0.15) is 0 Å². The molecule has 1 aliphatic carbocycles. The number of hydrogen-bond acceptors (Lipinski definition) is 3. The Morgan fingerprint density at radius 1 is 0.708 bits per heavy atom. The Morgan fingerprint density at radius 3 is 1.92 bits per heavy atom. The molecule has 0 unspecified atom stereocenters. The lowest BCUT2D eigenvalue weighted by Gasteiger charge is -1.93. The first-order chi connectivity index (χ1) is 11.9. The second-order valence-electron chi connectivity index (χ2n) is 5.14.